The monoisotopic (exact) mass is 266 g/mol. The van der Waals surface area contributed by atoms with Gasteiger partial charge in [-0.05, 0) is 49.1 Å². The maximum atomic E-state index is 12.4. The number of hydrogen-bond donors (Lipinski definition) is 0. The number of Topliss-reactive ketones (excluding diaryl/α,β-unsaturated/α-hetero) is 1. The zero-order chi connectivity index (χ0) is 13.9. The average molecular weight is 266 g/mol. The van der Waals surface area contributed by atoms with Crippen LogP contribution < -0.4 is 4.74 Å². The fourth-order valence-electron chi connectivity index (χ4n) is 2.64. The number of hydrogen-bond acceptors (Lipinski definition) is 2. The van der Waals surface area contributed by atoms with Crippen molar-refractivity contribution < 1.29 is 9.53 Å². The molecule has 0 bridgehead atoms. The Labute approximate surface area is 119 Å². The third-order valence-electron chi connectivity index (χ3n) is 3.68. The lowest BCUT2D eigenvalue weighted by Crippen LogP contribution is -2.10. The van der Waals surface area contributed by atoms with Crippen molar-refractivity contribution in [2.75, 3.05) is 6.61 Å². The molecule has 0 aliphatic carbocycles. The minimum atomic E-state index is 0.170. The highest BCUT2D eigenvalue weighted by atomic mass is 16.5. The van der Waals surface area contributed by atoms with Gasteiger partial charge in [-0.2, -0.15) is 0 Å². The van der Waals surface area contributed by atoms with Crippen LogP contribution in [0.25, 0.3) is 0 Å². The van der Waals surface area contributed by atoms with Crippen LogP contribution in [0.1, 0.15) is 33.5 Å². The SMILES string of the molecule is Cc1cccc(CC(=O)c2ccc3c(c2)CCCO3)c1. The molecular weight excluding hydrogens is 248 g/mol. The summed E-state index contributed by atoms with van der Waals surface area (Å²) in [5, 5.41) is 0. The van der Waals surface area contributed by atoms with Crippen molar-refractivity contribution >= 4 is 5.78 Å². The van der Waals surface area contributed by atoms with E-state index in [2.05, 4.69) is 6.07 Å². The molecule has 0 spiro atoms. The summed E-state index contributed by atoms with van der Waals surface area (Å²) < 4.78 is 5.58. The summed E-state index contributed by atoms with van der Waals surface area (Å²) in [6.07, 6.45) is 2.49. The number of rotatable bonds is 3. The van der Waals surface area contributed by atoms with Gasteiger partial charge in [-0.3, -0.25) is 4.79 Å². The molecule has 0 aromatic heterocycles. The molecule has 0 unspecified atom stereocenters. The Bertz CT molecular complexity index is 644. The van der Waals surface area contributed by atoms with Gasteiger partial charge in [0.25, 0.3) is 0 Å². The molecule has 0 N–H and O–H groups in total. The van der Waals surface area contributed by atoms with Crippen LogP contribution in [-0.2, 0) is 12.8 Å². The zero-order valence-corrected chi connectivity index (χ0v) is 11.7. The normalized spacial score (nSPS) is 13.4. The second-order valence-corrected chi connectivity index (χ2v) is 5.36. The second-order valence-electron chi connectivity index (χ2n) is 5.36. The summed E-state index contributed by atoms with van der Waals surface area (Å²) in [6, 6.07) is 13.9. The van der Waals surface area contributed by atoms with Gasteiger partial charge in [-0.25, -0.2) is 0 Å². The van der Waals surface area contributed by atoms with E-state index in [4.69, 9.17) is 4.74 Å². The van der Waals surface area contributed by atoms with E-state index in [9.17, 15) is 4.79 Å². The minimum absolute atomic E-state index is 0.170. The lowest BCUT2D eigenvalue weighted by atomic mass is 9.97. The highest BCUT2D eigenvalue weighted by Crippen LogP contribution is 2.26. The van der Waals surface area contributed by atoms with E-state index >= 15 is 0 Å². The quantitative estimate of drug-likeness (QED) is 0.791. The van der Waals surface area contributed by atoms with Gasteiger partial charge in [0.05, 0.1) is 6.61 Å². The first-order valence-corrected chi connectivity index (χ1v) is 7.07. The van der Waals surface area contributed by atoms with Crippen molar-refractivity contribution in [2.24, 2.45) is 0 Å². The molecule has 0 atom stereocenters. The predicted molar refractivity (Wildman–Crippen MR) is 79.5 cm³/mol. The summed E-state index contributed by atoms with van der Waals surface area (Å²) >= 11 is 0. The fraction of sp³-hybridized carbons (Fsp3) is 0.278. The first kappa shape index (κ1) is 12.9. The van der Waals surface area contributed by atoms with E-state index in [0.29, 0.717) is 6.42 Å². The van der Waals surface area contributed by atoms with E-state index in [1.807, 2.05) is 43.3 Å². The Hall–Kier alpha value is -2.09. The number of ether oxygens (including phenoxy) is 1. The number of fused-ring (bicyclic) bond motifs is 1. The van der Waals surface area contributed by atoms with Crippen molar-refractivity contribution in [2.45, 2.75) is 26.2 Å². The average Bonchev–Trinajstić information content (AvgIpc) is 2.47. The number of ketones is 1. The lowest BCUT2D eigenvalue weighted by molar-refractivity contribution is 0.0993. The molecule has 1 aliphatic rings. The van der Waals surface area contributed by atoms with E-state index < -0.39 is 0 Å². The predicted octanol–water partition coefficient (Wildman–Crippen LogP) is 3.75. The smallest absolute Gasteiger partial charge is 0.167 e. The van der Waals surface area contributed by atoms with Crippen LogP contribution in [0.3, 0.4) is 0 Å². The molecule has 1 aliphatic heterocycles. The van der Waals surface area contributed by atoms with Crippen LogP contribution in [0.5, 0.6) is 5.75 Å². The molecule has 2 heteroatoms. The third-order valence-corrected chi connectivity index (χ3v) is 3.68. The summed E-state index contributed by atoms with van der Waals surface area (Å²) in [7, 11) is 0. The standard InChI is InChI=1S/C18H18O2/c1-13-4-2-5-14(10-13)11-17(19)15-7-8-18-16(12-15)6-3-9-20-18/h2,4-5,7-8,10,12H,3,6,9,11H2,1H3. The van der Waals surface area contributed by atoms with E-state index in [0.717, 1.165) is 41.9 Å². The molecule has 0 saturated heterocycles. The molecule has 3 rings (SSSR count). The van der Waals surface area contributed by atoms with E-state index in [1.165, 1.54) is 5.56 Å². The van der Waals surface area contributed by atoms with Gasteiger partial charge in [0, 0.05) is 12.0 Å². The maximum absolute atomic E-state index is 12.4. The summed E-state index contributed by atoms with van der Waals surface area (Å²) in [5.74, 6) is 1.10. The highest BCUT2D eigenvalue weighted by Gasteiger charge is 2.14. The Morgan fingerprint density at radius 1 is 1.20 bits per heavy atom. The molecule has 0 radical (unpaired) electrons. The molecule has 2 aromatic carbocycles. The number of carbonyl (C=O) groups excluding carboxylic acids is 1. The van der Waals surface area contributed by atoms with Gasteiger partial charge < -0.3 is 4.74 Å². The molecule has 0 fully saturated rings. The molecule has 0 saturated carbocycles. The molecule has 1 heterocycles. The molecule has 2 nitrogen and oxygen atoms in total. The Morgan fingerprint density at radius 3 is 2.95 bits per heavy atom. The highest BCUT2D eigenvalue weighted by molar-refractivity contribution is 5.97. The van der Waals surface area contributed by atoms with E-state index in [1.54, 1.807) is 0 Å². The second kappa shape index (κ2) is 5.49. The molecule has 2 aromatic rings. The summed E-state index contributed by atoms with van der Waals surface area (Å²) in [5.41, 5.74) is 4.21. The van der Waals surface area contributed by atoms with Crippen molar-refractivity contribution in [1.29, 1.82) is 0 Å². The minimum Gasteiger partial charge on any atom is -0.493 e. The first-order chi connectivity index (χ1) is 9.72. The van der Waals surface area contributed by atoms with Crippen LogP contribution >= 0.6 is 0 Å². The topological polar surface area (TPSA) is 26.3 Å². The largest absolute Gasteiger partial charge is 0.493 e. The first-order valence-electron chi connectivity index (χ1n) is 7.07. The summed E-state index contributed by atoms with van der Waals surface area (Å²) in [4.78, 5) is 12.4. The van der Waals surface area contributed by atoms with Gasteiger partial charge in [0.15, 0.2) is 5.78 Å². The maximum Gasteiger partial charge on any atom is 0.167 e. The Balaban J connectivity index is 1.80. The molecule has 0 amide bonds. The van der Waals surface area contributed by atoms with Crippen molar-refractivity contribution in [1.82, 2.24) is 0 Å². The third kappa shape index (κ3) is 2.74. The molecule has 102 valence electrons. The Kier molecular flexibility index (Phi) is 3.55. The van der Waals surface area contributed by atoms with Crippen LogP contribution in [0.15, 0.2) is 42.5 Å². The van der Waals surface area contributed by atoms with Gasteiger partial charge in [-0.15, -0.1) is 0 Å². The number of carbonyl (C=O) groups is 1. The lowest BCUT2D eigenvalue weighted by Gasteiger charge is -2.17. The molecular formula is C18H18O2. The Morgan fingerprint density at radius 2 is 2.10 bits per heavy atom. The van der Waals surface area contributed by atoms with Crippen LogP contribution in [0.4, 0.5) is 0 Å². The van der Waals surface area contributed by atoms with Crippen LogP contribution in [0, 0.1) is 6.92 Å². The zero-order valence-electron chi connectivity index (χ0n) is 11.7. The fourth-order valence-corrected chi connectivity index (χ4v) is 2.64. The van der Waals surface area contributed by atoms with Gasteiger partial charge in [0.1, 0.15) is 5.75 Å². The van der Waals surface area contributed by atoms with Crippen molar-refractivity contribution in [3.63, 3.8) is 0 Å². The summed E-state index contributed by atoms with van der Waals surface area (Å²) in [6.45, 7) is 2.83. The van der Waals surface area contributed by atoms with Gasteiger partial charge in [0.2, 0.25) is 0 Å². The van der Waals surface area contributed by atoms with Crippen LogP contribution in [0.2, 0.25) is 0 Å². The molecule has 20 heavy (non-hydrogen) atoms. The van der Waals surface area contributed by atoms with Crippen LogP contribution in [-0.4, -0.2) is 12.4 Å². The number of benzene rings is 2. The number of aryl methyl sites for hydroxylation is 2. The van der Waals surface area contributed by atoms with Crippen molar-refractivity contribution in [3.05, 3.63) is 64.7 Å². The van der Waals surface area contributed by atoms with Gasteiger partial charge in [-0.1, -0.05) is 29.8 Å². The van der Waals surface area contributed by atoms with E-state index in [-0.39, 0.29) is 5.78 Å². The van der Waals surface area contributed by atoms with Crippen molar-refractivity contribution in [3.8, 4) is 5.75 Å². The van der Waals surface area contributed by atoms with Gasteiger partial charge >= 0.3 is 0 Å².